The minimum Gasteiger partial charge on any atom is -0.323 e. The van der Waals surface area contributed by atoms with Gasteiger partial charge in [-0.05, 0) is 32.0 Å². The Bertz CT molecular complexity index is 729. The van der Waals surface area contributed by atoms with Crippen molar-refractivity contribution in [2.75, 3.05) is 13.1 Å². The minimum atomic E-state index is -4.42. The molecule has 0 saturated heterocycles. The summed E-state index contributed by atoms with van der Waals surface area (Å²) in [6.07, 6.45) is -3.06. The van der Waals surface area contributed by atoms with Crippen LogP contribution in [0.3, 0.4) is 0 Å². The topological polar surface area (TPSA) is 38.1 Å². The van der Waals surface area contributed by atoms with Crippen molar-refractivity contribution >= 4 is 29.4 Å². The highest BCUT2D eigenvalue weighted by Crippen LogP contribution is 2.36. The van der Waals surface area contributed by atoms with E-state index in [-0.39, 0.29) is 16.1 Å². The Morgan fingerprint density at radius 3 is 2.58 bits per heavy atom. The van der Waals surface area contributed by atoms with Gasteiger partial charge in [-0.25, -0.2) is 4.79 Å². The van der Waals surface area contributed by atoms with E-state index in [1.165, 1.54) is 18.3 Å². The number of halogens is 4. The number of aromatic nitrogens is 2. The number of rotatable bonds is 4. The van der Waals surface area contributed by atoms with Gasteiger partial charge in [0.15, 0.2) is 0 Å². The Morgan fingerprint density at radius 1 is 1.33 bits per heavy atom. The van der Waals surface area contributed by atoms with E-state index in [0.717, 1.165) is 28.6 Å². The third-order valence-electron chi connectivity index (χ3n) is 3.24. The molecule has 0 unspecified atom stereocenters. The lowest BCUT2D eigenvalue weighted by atomic mass is 10.2. The summed E-state index contributed by atoms with van der Waals surface area (Å²) in [7, 11) is 0. The maximum Gasteiger partial charge on any atom is 0.416 e. The summed E-state index contributed by atoms with van der Waals surface area (Å²) >= 11 is 7.04. The molecule has 130 valence electrons. The van der Waals surface area contributed by atoms with Gasteiger partial charge in [-0.1, -0.05) is 29.4 Å². The first kappa shape index (κ1) is 18.7. The number of benzene rings is 1. The molecule has 24 heavy (non-hydrogen) atoms. The second-order valence-electron chi connectivity index (χ2n) is 4.81. The lowest BCUT2D eigenvalue weighted by molar-refractivity contribution is -0.137. The molecular weight excluding hydrogens is 363 g/mol. The summed E-state index contributed by atoms with van der Waals surface area (Å²) in [6.45, 7) is 4.71. The van der Waals surface area contributed by atoms with Crippen LogP contribution in [0, 0.1) is 0 Å². The smallest absolute Gasteiger partial charge is 0.323 e. The Hall–Kier alpha value is -1.67. The van der Waals surface area contributed by atoms with Gasteiger partial charge in [-0.15, -0.1) is 0 Å². The number of hydrogen-bond acceptors (Lipinski definition) is 3. The first-order valence-corrected chi connectivity index (χ1v) is 8.35. The highest BCUT2D eigenvalue weighted by molar-refractivity contribution is 7.99. The molecule has 0 bridgehead atoms. The van der Waals surface area contributed by atoms with Gasteiger partial charge in [0.05, 0.1) is 16.8 Å². The number of hydrogen-bond donors (Lipinski definition) is 0. The second-order valence-corrected chi connectivity index (χ2v) is 6.28. The Balaban J connectivity index is 2.24. The number of nitrogens with zero attached hydrogens (tertiary/aromatic N) is 3. The van der Waals surface area contributed by atoms with Crippen LogP contribution in [0.15, 0.2) is 40.4 Å². The van der Waals surface area contributed by atoms with Crippen LogP contribution in [-0.2, 0) is 6.18 Å². The van der Waals surface area contributed by atoms with Crippen LogP contribution in [-0.4, -0.2) is 33.8 Å². The fourth-order valence-corrected chi connectivity index (χ4v) is 3.07. The number of alkyl halides is 3. The van der Waals surface area contributed by atoms with Crippen molar-refractivity contribution in [3.8, 4) is 0 Å². The predicted octanol–water partition coefficient (Wildman–Crippen LogP) is 5.02. The number of carbonyl (C=O) groups is 1. The van der Waals surface area contributed by atoms with Crippen molar-refractivity contribution in [3.63, 3.8) is 0 Å². The molecule has 9 heteroatoms. The summed E-state index contributed by atoms with van der Waals surface area (Å²) in [5, 5.41) is 4.57. The summed E-state index contributed by atoms with van der Waals surface area (Å²) in [4.78, 5) is 14.1. The molecule has 4 nitrogen and oxygen atoms in total. The van der Waals surface area contributed by atoms with E-state index in [1.54, 1.807) is 4.90 Å². The SMILES string of the molecule is CCN(CC)C(=O)n1cc(Cl)c(Sc2cccc(C(F)(F)F)c2)n1. The Kier molecular flexibility index (Phi) is 5.82. The zero-order valence-electron chi connectivity index (χ0n) is 13.0. The van der Waals surface area contributed by atoms with Gasteiger partial charge in [0.1, 0.15) is 5.03 Å². The quantitative estimate of drug-likeness (QED) is 0.751. The lowest BCUT2D eigenvalue weighted by Gasteiger charge is -2.17. The first-order valence-electron chi connectivity index (χ1n) is 7.15. The Labute approximate surface area is 146 Å². The van der Waals surface area contributed by atoms with Gasteiger partial charge in [-0.2, -0.15) is 23.0 Å². The van der Waals surface area contributed by atoms with E-state index in [2.05, 4.69) is 5.10 Å². The van der Waals surface area contributed by atoms with Crippen molar-refractivity contribution in [2.45, 2.75) is 29.9 Å². The maximum atomic E-state index is 12.8. The predicted molar refractivity (Wildman–Crippen MR) is 86.5 cm³/mol. The highest BCUT2D eigenvalue weighted by atomic mass is 35.5. The first-order chi connectivity index (χ1) is 11.3. The van der Waals surface area contributed by atoms with Crippen LogP contribution in [0.4, 0.5) is 18.0 Å². The average molecular weight is 378 g/mol. The molecular formula is C15H15ClF3N3OS. The van der Waals surface area contributed by atoms with Gasteiger partial charge in [0.25, 0.3) is 0 Å². The summed E-state index contributed by atoms with van der Waals surface area (Å²) in [5.41, 5.74) is -0.748. The second kappa shape index (κ2) is 7.48. The summed E-state index contributed by atoms with van der Waals surface area (Å²) in [6, 6.07) is 4.52. The van der Waals surface area contributed by atoms with Crippen LogP contribution in [0.25, 0.3) is 0 Å². The number of carbonyl (C=O) groups excluding carboxylic acids is 1. The van der Waals surface area contributed by atoms with E-state index >= 15 is 0 Å². The van der Waals surface area contributed by atoms with Gasteiger partial charge in [0, 0.05) is 18.0 Å². The van der Waals surface area contributed by atoms with Crippen molar-refractivity contribution in [3.05, 3.63) is 41.0 Å². The third kappa shape index (κ3) is 4.24. The molecule has 0 aliphatic rings. The molecule has 0 fully saturated rings. The molecule has 0 radical (unpaired) electrons. The molecule has 1 amide bonds. The van der Waals surface area contributed by atoms with Crippen LogP contribution in [0.1, 0.15) is 19.4 Å². The fraction of sp³-hybridized carbons (Fsp3) is 0.333. The van der Waals surface area contributed by atoms with Crippen LogP contribution >= 0.6 is 23.4 Å². The zero-order chi connectivity index (χ0) is 17.9. The monoisotopic (exact) mass is 377 g/mol. The van der Waals surface area contributed by atoms with Gasteiger partial charge in [-0.3, -0.25) is 0 Å². The van der Waals surface area contributed by atoms with E-state index in [4.69, 9.17) is 11.6 Å². The molecule has 2 aromatic rings. The average Bonchev–Trinajstić information content (AvgIpc) is 2.89. The molecule has 1 aromatic carbocycles. The fourth-order valence-electron chi connectivity index (χ4n) is 1.99. The zero-order valence-corrected chi connectivity index (χ0v) is 14.5. The molecule has 0 aliphatic heterocycles. The molecule has 0 spiro atoms. The van der Waals surface area contributed by atoms with Crippen LogP contribution in [0.2, 0.25) is 5.02 Å². The van der Waals surface area contributed by atoms with Crippen LogP contribution < -0.4 is 0 Å². The van der Waals surface area contributed by atoms with Gasteiger partial charge in [0.2, 0.25) is 0 Å². The molecule has 0 aliphatic carbocycles. The van der Waals surface area contributed by atoms with Crippen molar-refractivity contribution < 1.29 is 18.0 Å². The molecule has 0 atom stereocenters. The highest BCUT2D eigenvalue weighted by Gasteiger charge is 2.30. The maximum absolute atomic E-state index is 12.8. The molecule has 0 N–H and O–H groups in total. The largest absolute Gasteiger partial charge is 0.416 e. The number of amides is 1. The standard InChI is InChI=1S/C15H15ClF3N3OS/c1-3-21(4-2)14(23)22-9-12(16)13(20-22)24-11-7-5-6-10(8-11)15(17,18)19/h5-9H,3-4H2,1-2H3. The van der Waals surface area contributed by atoms with E-state index in [9.17, 15) is 18.0 Å². The van der Waals surface area contributed by atoms with Gasteiger partial charge >= 0.3 is 12.2 Å². The molecule has 1 aromatic heterocycles. The summed E-state index contributed by atoms with van der Waals surface area (Å²) in [5.74, 6) is 0. The molecule has 0 saturated carbocycles. The van der Waals surface area contributed by atoms with E-state index < -0.39 is 11.7 Å². The van der Waals surface area contributed by atoms with E-state index in [0.29, 0.717) is 18.0 Å². The van der Waals surface area contributed by atoms with Crippen molar-refractivity contribution in [2.24, 2.45) is 0 Å². The van der Waals surface area contributed by atoms with Crippen molar-refractivity contribution in [1.82, 2.24) is 14.7 Å². The van der Waals surface area contributed by atoms with Gasteiger partial charge < -0.3 is 4.90 Å². The molecule has 1 heterocycles. The normalized spacial score (nSPS) is 11.6. The minimum absolute atomic E-state index is 0.206. The van der Waals surface area contributed by atoms with E-state index in [1.807, 2.05) is 13.8 Å². The Morgan fingerprint density at radius 2 is 2.00 bits per heavy atom. The molecule has 2 rings (SSSR count). The summed E-state index contributed by atoms with van der Waals surface area (Å²) < 4.78 is 39.4. The third-order valence-corrected chi connectivity index (χ3v) is 4.62. The van der Waals surface area contributed by atoms with Crippen LogP contribution in [0.5, 0.6) is 0 Å². The van der Waals surface area contributed by atoms with Crippen molar-refractivity contribution in [1.29, 1.82) is 0 Å². The lowest BCUT2D eigenvalue weighted by Crippen LogP contribution is -2.34.